The van der Waals surface area contributed by atoms with Gasteiger partial charge in [-0.3, -0.25) is 14.8 Å². The Kier molecular flexibility index (Phi) is 4.16. The smallest absolute Gasteiger partial charge is 0.275 e. The van der Waals surface area contributed by atoms with Gasteiger partial charge in [-0.15, -0.1) is 0 Å². The number of methoxy groups -OCH3 is 2. The summed E-state index contributed by atoms with van der Waals surface area (Å²) >= 11 is 1.34. The van der Waals surface area contributed by atoms with Gasteiger partial charge >= 0.3 is 0 Å². The number of carbonyl (C=O) groups excluding carboxylic acids is 1. The summed E-state index contributed by atoms with van der Waals surface area (Å²) in [6.07, 6.45) is 1.60. The molecular formula is C15H16N4O3S. The van der Waals surface area contributed by atoms with Crippen molar-refractivity contribution in [2.45, 2.75) is 13.5 Å². The van der Waals surface area contributed by atoms with Crippen LogP contribution in [0, 0.1) is 0 Å². The van der Waals surface area contributed by atoms with Gasteiger partial charge in [-0.05, 0) is 25.1 Å². The lowest BCUT2D eigenvalue weighted by Crippen LogP contribution is -2.17. The fourth-order valence-corrected chi connectivity index (χ4v) is 3.25. The molecule has 1 N–H and O–H groups in total. The second-order valence-electron chi connectivity index (χ2n) is 4.65. The Morgan fingerprint density at radius 2 is 2.00 bits per heavy atom. The van der Waals surface area contributed by atoms with Crippen molar-refractivity contribution in [3.8, 4) is 11.5 Å². The van der Waals surface area contributed by atoms with E-state index in [9.17, 15) is 4.79 Å². The number of hydrogen-bond donors (Lipinski definition) is 1. The molecule has 0 unspecified atom stereocenters. The maximum atomic E-state index is 12.4. The molecule has 0 fully saturated rings. The highest BCUT2D eigenvalue weighted by atomic mass is 32.1. The second-order valence-corrected chi connectivity index (χ2v) is 5.65. The number of nitrogens with one attached hydrogen (secondary N) is 1. The molecule has 0 saturated heterocycles. The van der Waals surface area contributed by atoms with Crippen molar-refractivity contribution in [3.63, 3.8) is 0 Å². The third-order valence-corrected chi connectivity index (χ3v) is 4.36. The number of hydrogen-bond acceptors (Lipinski definition) is 6. The maximum absolute atomic E-state index is 12.4. The van der Waals surface area contributed by atoms with Crippen LogP contribution in [0.15, 0.2) is 24.4 Å². The standard InChI is InChI=1S/C15H16N4O3S/c1-4-19-9(7-8-16-19)14(20)18-15-17-12-10(21-2)5-6-11(22-3)13(12)23-15/h5-8H,4H2,1-3H3,(H,17,18,20). The van der Waals surface area contributed by atoms with E-state index in [2.05, 4.69) is 15.4 Å². The number of aromatic nitrogens is 3. The average Bonchev–Trinajstić information content (AvgIpc) is 3.19. The molecule has 0 radical (unpaired) electrons. The topological polar surface area (TPSA) is 78.3 Å². The SMILES string of the molecule is CCn1nccc1C(=O)Nc1nc2c(OC)ccc(OC)c2s1. The molecule has 1 amide bonds. The van der Waals surface area contributed by atoms with E-state index in [1.54, 1.807) is 37.2 Å². The first-order valence-corrected chi connectivity index (χ1v) is 7.84. The predicted octanol–water partition coefficient (Wildman–Crippen LogP) is 2.78. The number of ether oxygens (including phenoxy) is 2. The lowest BCUT2D eigenvalue weighted by molar-refractivity contribution is 0.101. The van der Waals surface area contributed by atoms with Crippen LogP contribution < -0.4 is 14.8 Å². The average molecular weight is 332 g/mol. The van der Waals surface area contributed by atoms with Crippen LogP contribution in [0.1, 0.15) is 17.4 Å². The third-order valence-electron chi connectivity index (χ3n) is 3.38. The summed E-state index contributed by atoms with van der Waals surface area (Å²) in [5, 5.41) is 7.38. The van der Waals surface area contributed by atoms with Crippen LogP contribution in [0.3, 0.4) is 0 Å². The fraction of sp³-hybridized carbons (Fsp3) is 0.267. The van der Waals surface area contributed by atoms with Crippen LogP contribution in [0.2, 0.25) is 0 Å². The highest BCUT2D eigenvalue weighted by Crippen LogP contribution is 2.38. The van der Waals surface area contributed by atoms with Crippen LogP contribution in [0.4, 0.5) is 5.13 Å². The van der Waals surface area contributed by atoms with Crippen molar-refractivity contribution in [1.29, 1.82) is 0 Å². The number of nitrogens with zero attached hydrogens (tertiary/aromatic N) is 3. The molecule has 0 aliphatic heterocycles. The Morgan fingerprint density at radius 1 is 1.26 bits per heavy atom. The van der Waals surface area contributed by atoms with Gasteiger partial charge in [0.1, 0.15) is 27.4 Å². The van der Waals surface area contributed by atoms with Gasteiger partial charge in [0.05, 0.1) is 14.2 Å². The number of fused-ring (bicyclic) bond motifs is 1. The maximum Gasteiger partial charge on any atom is 0.275 e. The van der Waals surface area contributed by atoms with E-state index in [0.717, 1.165) is 4.70 Å². The molecule has 0 saturated carbocycles. The zero-order valence-corrected chi connectivity index (χ0v) is 13.8. The van der Waals surface area contributed by atoms with E-state index in [0.29, 0.717) is 34.4 Å². The summed E-state index contributed by atoms with van der Waals surface area (Å²) in [4.78, 5) is 16.8. The molecule has 23 heavy (non-hydrogen) atoms. The zero-order chi connectivity index (χ0) is 16.4. The second kappa shape index (κ2) is 6.25. The van der Waals surface area contributed by atoms with Crippen molar-refractivity contribution < 1.29 is 14.3 Å². The first-order chi connectivity index (χ1) is 11.2. The van der Waals surface area contributed by atoms with Gasteiger partial charge in [-0.25, -0.2) is 4.98 Å². The molecule has 0 aliphatic rings. The molecule has 120 valence electrons. The van der Waals surface area contributed by atoms with Gasteiger partial charge in [-0.1, -0.05) is 11.3 Å². The Morgan fingerprint density at radius 3 is 2.70 bits per heavy atom. The van der Waals surface area contributed by atoms with Gasteiger partial charge in [-0.2, -0.15) is 5.10 Å². The number of benzene rings is 1. The third kappa shape index (κ3) is 2.72. The van der Waals surface area contributed by atoms with Crippen molar-refractivity contribution >= 4 is 32.6 Å². The van der Waals surface area contributed by atoms with Crippen LogP contribution in [0.25, 0.3) is 10.2 Å². The van der Waals surface area contributed by atoms with E-state index in [1.165, 1.54) is 11.3 Å². The Labute approximate surface area is 136 Å². The summed E-state index contributed by atoms with van der Waals surface area (Å²) < 4.78 is 13.1. The highest BCUT2D eigenvalue weighted by Gasteiger charge is 2.17. The van der Waals surface area contributed by atoms with E-state index < -0.39 is 0 Å². The van der Waals surface area contributed by atoms with Crippen LogP contribution in [-0.4, -0.2) is 34.9 Å². The van der Waals surface area contributed by atoms with E-state index in [1.807, 2.05) is 13.0 Å². The largest absolute Gasteiger partial charge is 0.495 e. The lowest BCUT2D eigenvalue weighted by Gasteiger charge is -2.03. The van der Waals surface area contributed by atoms with E-state index in [4.69, 9.17) is 9.47 Å². The predicted molar refractivity (Wildman–Crippen MR) is 88.6 cm³/mol. The Hall–Kier alpha value is -2.61. The summed E-state index contributed by atoms with van der Waals surface area (Å²) in [5.74, 6) is 1.08. The summed E-state index contributed by atoms with van der Waals surface area (Å²) in [5.41, 5.74) is 1.15. The Balaban J connectivity index is 1.96. The summed E-state index contributed by atoms with van der Waals surface area (Å²) in [6, 6.07) is 5.28. The van der Waals surface area contributed by atoms with Crippen LogP contribution in [-0.2, 0) is 6.54 Å². The molecule has 0 bridgehead atoms. The van der Waals surface area contributed by atoms with Crippen LogP contribution >= 0.6 is 11.3 Å². The molecule has 2 heterocycles. The number of amides is 1. The van der Waals surface area contributed by atoms with Crippen molar-refractivity contribution in [1.82, 2.24) is 14.8 Å². The number of anilines is 1. The first-order valence-electron chi connectivity index (χ1n) is 7.02. The monoisotopic (exact) mass is 332 g/mol. The minimum atomic E-state index is -0.249. The lowest BCUT2D eigenvalue weighted by atomic mass is 10.3. The van der Waals surface area contributed by atoms with Crippen molar-refractivity contribution in [2.24, 2.45) is 0 Å². The number of aryl methyl sites for hydroxylation is 1. The molecule has 3 aromatic rings. The van der Waals surface area contributed by atoms with Gasteiger partial charge < -0.3 is 9.47 Å². The minimum absolute atomic E-state index is 0.249. The van der Waals surface area contributed by atoms with Gasteiger partial charge in [0.15, 0.2) is 5.13 Å². The first kappa shape index (κ1) is 15.3. The molecule has 2 aromatic heterocycles. The Bertz CT molecular complexity index is 815. The van der Waals surface area contributed by atoms with Crippen molar-refractivity contribution in [2.75, 3.05) is 19.5 Å². The van der Waals surface area contributed by atoms with Gasteiger partial charge in [0.2, 0.25) is 0 Å². The summed E-state index contributed by atoms with van der Waals surface area (Å²) in [7, 11) is 3.18. The summed E-state index contributed by atoms with van der Waals surface area (Å²) in [6.45, 7) is 2.55. The number of rotatable bonds is 5. The molecule has 3 rings (SSSR count). The van der Waals surface area contributed by atoms with E-state index >= 15 is 0 Å². The highest BCUT2D eigenvalue weighted by molar-refractivity contribution is 7.22. The van der Waals surface area contributed by atoms with Crippen LogP contribution in [0.5, 0.6) is 11.5 Å². The fourth-order valence-electron chi connectivity index (χ4n) is 2.28. The molecule has 0 atom stereocenters. The number of carbonyl (C=O) groups is 1. The molecule has 8 heteroatoms. The molecule has 0 spiro atoms. The molecule has 0 aliphatic carbocycles. The van der Waals surface area contributed by atoms with Gasteiger partial charge in [0, 0.05) is 12.7 Å². The molecular weight excluding hydrogens is 316 g/mol. The molecule has 1 aromatic carbocycles. The zero-order valence-electron chi connectivity index (χ0n) is 13.0. The van der Waals surface area contributed by atoms with Gasteiger partial charge in [0.25, 0.3) is 5.91 Å². The minimum Gasteiger partial charge on any atom is -0.495 e. The quantitative estimate of drug-likeness (QED) is 0.777. The normalized spacial score (nSPS) is 10.7. The molecule has 7 nitrogen and oxygen atoms in total. The van der Waals surface area contributed by atoms with Crippen molar-refractivity contribution in [3.05, 3.63) is 30.1 Å². The number of thiazole rings is 1. The van der Waals surface area contributed by atoms with E-state index in [-0.39, 0.29) is 5.91 Å².